The van der Waals surface area contributed by atoms with E-state index in [-0.39, 0.29) is 24.0 Å². The van der Waals surface area contributed by atoms with Crippen LogP contribution in [0, 0.1) is 5.41 Å². The number of carbonyl (C=O) groups excluding carboxylic acids is 2. The van der Waals surface area contributed by atoms with E-state index in [1.165, 1.54) is 7.11 Å². The summed E-state index contributed by atoms with van der Waals surface area (Å²) in [6.07, 6.45) is 0.259. The predicted octanol–water partition coefficient (Wildman–Crippen LogP) is 0.636. The monoisotopic (exact) mass is 258 g/mol. The molecule has 0 saturated carbocycles. The van der Waals surface area contributed by atoms with Crippen LogP contribution in [0.3, 0.4) is 0 Å². The highest BCUT2D eigenvalue weighted by Gasteiger charge is 2.50. The van der Waals surface area contributed by atoms with E-state index < -0.39 is 11.9 Å². The van der Waals surface area contributed by atoms with Gasteiger partial charge in [0.15, 0.2) is 0 Å². The van der Waals surface area contributed by atoms with E-state index >= 15 is 0 Å². The summed E-state index contributed by atoms with van der Waals surface area (Å²) in [6.45, 7) is 3.73. The van der Waals surface area contributed by atoms with Gasteiger partial charge in [0.2, 0.25) is 0 Å². The van der Waals surface area contributed by atoms with Crippen molar-refractivity contribution in [1.29, 1.82) is 0 Å². The number of ketones is 1. The number of Topliss-reactive ketones (excluding diaryl/α,β-unsaturated/α-hetero) is 1. The molecule has 18 heavy (non-hydrogen) atoms. The second kappa shape index (κ2) is 4.95. The van der Waals surface area contributed by atoms with Gasteiger partial charge in [-0.3, -0.25) is 9.59 Å². The molecular formula is C12H18O6. The molecule has 0 aliphatic carbocycles. The van der Waals surface area contributed by atoms with E-state index in [0.29, 0.717) is 26.2 Å². The summed E-state index contributed by atoms with van der Waals surface area (Å²) >= 11 is 0. The normalized spacial score (nSPS) is 34.3. The van der Waals surface area contributed by atoms with Crippen molar-refractivity contribution in [1.82, 2.24) is 0 Å². The third-order valence-electron chi connectivity index (χ3n) is 3.20. The van der Waals surface area contributed by atoms with Gasteiger partial charge in [-0.2, -0.15) is 0 Å². The number of fused-ring (bicyclic) bond motifs is 3. The zero-order valence-electron chi connectivity index (χ0n) is 10.7. The van der Waals surface area contributed by atoms with Gasteiger partial charge >= 0.3 is 5.97 Å². The largest absolute Gasteiger partial charge is 0.469 e. The number of methoxy groups -OCH3 is 1. The van der Waals surface area contributed by atoms with Crippen LogP contribution >= 0.6 is 0 Å². The van der Waals surface area contributed by atoms with Gasteiger partial charge in [-0.25, -0.2) is 0 Å². The quantitative estimate of drug-likeness (QED) is 0.532. The van der Waals surface area contributed by atoms with Gasteiger partial charge in [-0.05, 0) is 0 Å². The van der Waals surface area contributed by atoms with Crippen molar-refractivity contribution in [2.75, 3.05) is 26.9 Å². The van der Waals surface area contributed by atoms with Gasteiger partial charge in [0.25, 0.3) is 5.97 Å². The molecule has 0 N–H and O–H groups in total. The zero-order chi connectivity index (χ0) is 13.2. The van der Waals surface area contributed by atoms with Crippen LogP contribution < -0.4 is 0 Å². The minimum absolute atomic E-state index is 0.0855. The van der Waals surface area contributed by atoms with E-state index in [9.17, 15) is 9.59 Å². The molecule has 3 aliphatic rings. The molecule has 3 rings (SSSR count). The van der Waals surface area contributed by atoms with E-state index in [0.717, 1.165) is 0 Å². The van der Waals surface area contributed by atoms with Crippen LogP contribution in [0.5, 0.6) is 0 Å². The minimum Gasteiger partial charge on any atom is -0.469 e. The lowest BCUT2D eigenvalue weighted by Gasteiger charge is -2.50. The molecule has 6 nitrogen and oxygen atoms in total. The van der Waals surface area contributed by atoms with Crippen molar-refractivity contribution in [2.24, 2.45) is 5.41 Å². The van der Waals surface area contributed by atoms with Gasteiger partial charge in [-0.15, -0.1) is 0 Å². The Kier molecular flexibility index (Phi) is 3.70. The van der Waals surface area contributed by atoms with Crippen LogP contribution in [0.15, 0.2) is 0 Å². The highest BCUT2D eigenvalue weighted by atomic mass is 16.9. The minimum atomic E-state index is -1.09. The van der Waals surface area contributed by atoms with E-state index in [2.05, 4.69) is 4.74 Å². The molecule has 6 heteroatoms. The Morgan fingerprint density at radius 3 is 2.22 bits per heavy atom. The molecule has 0 atom stereocenters. The third-order valence-corrected chi connectivity index (χ3v) is 3.20. The predicted molar refractivity (Wildman–Crippen MR) is 59.6 cm³/mol. The van der Waals surface area contributed by atoms with Crippen molar-refractivity contribution >= 4 is 11.8 Å². The summed E-state index contributed by atoms with van der Waals surface area (Å²) in [5, 5.41) is 0. The molecule has 102 valence electrons. The lowest BCUT2D eigenvalue weighted by atomic mass is 9.91. The van der Waals surface area contributed by atoms with Crippen LogP contribution in [0.2, 0.25) is 0 Å². The van der Waals surface area contributed by atoms with Gasteiger partial charge in [0.05, 0.1) is 26.9 Å². The van der Waals surface area contributed by atoms with E-state index in [4.69, 9.17) is 14.2 Å². The Morgan fingerprint density at radius 1 is 1.17 bits per heavy atom. The fourth-order valence-electron chi connectivity index (χ4n) is 1.93. The van der Waals surface area contributed by atoms with Crippen molar-refractivity contribution in [3.05, 3.63) is 0 Å². The first-order valence-electron chi connectivity index (χ1n) is 5.97. The topological polar surface area (TPSA) is 71.1 Å². The van der Waals surface area contributed by atoms with Crippen LogP contribution in [-0.2, 0) is 28.5 Å². The van der Waals surface area contributed by atoms with Crippen molar-refractivity contribution in [3.8, 4) is 0 Å². The fourth-order valence-corrected chi connectivity index (χ4v) is 1.93. The van der Waals surface area contributed by atoms with Crippen molar-refractivity contribution in [3.63, 3.8) is 0 Å². The molecule has 3 aliphatic heterocycles. The van der Waals surface area contributed by atoms with Gasteiger partial charge in [0.1, 0.15) is 12.2 Å². The lowest BCUT2D eigenvalue weighted by Crippen LogP contribution is -2.58. The highest BCUT2D eigenvalue weighted by molar-refractivity contribution is 5.95. The summed E-state index contributed by atoms with van der Waals surface area (Å²) in [5.41, 5.74) is -0.0855. The Morgan fingerprint density at radius 2 is 1.72 bits per heavy atom. The Bertz CT molecular complexity index is 326. The molecule has 3 fully saturated rings. The third kappa shape index (κ3) is 2.88. The van der Waals surface area contributed by atoms with Gasteiger partial charge < -0.3 is 18.9 Å². The maximum absolute atomic E-state index is 11.5. The number of rotatable bonds is 5. The van der Waals surface area contributed by atoms with Crippen LogP contribution in [0.1, 0.15) is 26.2 Å². The van der Waals surface area contributed by atoms with Gasteiger partial charge in [0, 0.05) is 18.3 Å². The molecule has 0 amide bonds. The first-order valence-corrected chi connectivity index (χ1v) is 5.97. The zero-order valence-corrected chi connectivity index (χ0v) is 10.7. The van der Waals surface area contributed by atoms with E-state index in [1.807, 2.05) is 6.92 Å². The van der Waals surface area contributed by atoms with Gasteiger partial charge in [-0.1, -0.05) is 6.92 Å². The molecule has 3 heterocycles. The summed E-state index contributed by atoms with van der Waals surface area (Å²) in [4.78, 5) is 22.5. The summed E-state index contributed by atoms with van der Waals surface area (Å²) in [6, 6.07) is 0. The average molecular weight is 258 g/mol. The number of ether oxygens (including phenoxy) is 4. The van der Waals surface area contributed by atoms with Crippen LogP contribution in [0.25, 0.3) is 0 Å². The number of esters is 1. The first kappa shape index (κ1) is 13.5. The summed E-state index contributed by atoms with van der Waals surface area (Å²) in [5.74, 6) is -1.82. The maximum Gasteiger partial charge on any atom is 0.313 e. The molecule has 0 unspecified atom stereocenters. The highest BCUT2D eigenvalue weighted by Crippen LogP contribution is 2.40. The smallest absolute Gasteiger partial charge is 0.313 e. The Balaban J connectivity index is 1.80. The molecule has 0 aromatic rings. The number of hydrogen-bond acceptors (Lipinski definition) is 6. The second-order valence-corrected chi connectivity index (χ2v) is 5.15. The summed E-state index contributed by atoms with van der Waals surface area (Å²) in [7, 11) is 1.26. The standard InChI is InChI=1S/C12H18O6/c1-11-6-16-12(17-7-11,18-8-11)4-3-9(13)5-10(14)15-2/h3-8H2,1-2H3. The summed E-state index contributed by atoms with van der Waals surface area (Å²) < 4.78 is 21.0. The maximum atomic E-state index is 11.5. The second-order valence-electron chi connectivity index (χ2n) is 5.15. The SMILES string of the molecule is COC(=O)CC(=O)CCC12OCC(C)(CO1)CO2. The van der Waals surface area contributed by atoms with Crippen LogP contribution in [0.4, 0.5) is 0 Å². The molecule has 3 saturated heterocycles. The Hall–Kier alpha value is -0.980. The molecule has 0 spiro atoms. The van der Waals surface area contributed by atoms with Crippen LogP contribution in [-0.4, -0.2) is 44.7 Å². The first-order chi connectivity index (χ1) is 8.47. The van der Waals surface area contributed by atoms with Crippen molar-refractivity contribution < 1.29 is 28.5 Å². The number of carbonyl (C=O) groups is 2. The molecule has 0 aromatic heterocycles. The number of hydrogen-bond donors (Lipinski definition) is 0. The average Bonchev–Trinajstić information content (AvgIpc) is 2.38. The molecule has 0 aromatic carbocycles. The molecular weight excluding hydrogens is 240 g/mol. The lowest BCUT2D eigenvalue weighted by molar-refractivity contribution is -0.467. The fraction of sp³-hybridized carbons (Fsp3) is 0.833. The Labute approximate surface area is 106 Å². The molecule has 2 bridgehead atoms. The van der Waals surface area contributed by atoms with Crippen molar-refractivity contribution in [2.45, 2.75) is 32.2 Å². The van der Waals surface area contributed by atoms with E-state index in [1.54, 1.807) is 0 Å². The molecule has 0 radical (unpaired) electrons.